The van der Waals surface area contributed by atoms with Crippen molar-refractivity contribution in [3.63, 3.8) is 0 Å². The number of carbonyl (C=O) groups is 1. The fourth-order valence-corrected chi connectivity index (χ4v) is 4.36. The second kappa shape index (κ2) is 7.17. The Morgan fingerprint density at radius 2 is 1.62 bits per heavy atom. The van der Waals surface area contributed by atoms with Crippen molar-refractivity contribution in [3.05, 3.63) is 48.0 Å². The maximum absolute atomic E-state index is 13.4. The minimum Gasteiger partial charge on any atom is -0.497 e. The minimum atomic E-state index is -0.377. The summed E-state index contributed by atoms with van der Waals surface area (Å²) in [6.45, 7) is 4.32. The molecular weight excluding hydrogens is 368 g/mol. The van der Waals surface area contributed by atoms with E-state index in [0.717, 1.165) is 61.8 Å². The van der Waals surface area contributed by atoms with E-state index < -0.39 is 0 Å². The highest BCUT2D eigenvalue weighted by Crippen LogP contribution is 2.51. The number of rotatable bonds is 4. The summed E-state index contributed by atoms with van der Waals surface area (Å²) in [7, 11) is 1.68. The molecule has 1 amide bonds. The first-order valence-corrected chi connectivity index (χ1v) is 10.3. The lowest BCUT2D eigenvalue weighted by molar-refractivity contribution is -0.134. The SMILES string of the molecule is COc1ccc(N2CCN(C(=O)C3(c4ccc5c(c4)OCCO5)CC3)CC2)cc1. The van der Waals surface area contributed by atoms with Gasteiger partial charge in [0, 0.05) is 31.9 Å². The number of anilines is 1. The quantitative estimate of drug-likeness (QED) is 0.798. The fraction of sp³-hybridized carbons (Fsp3) is 0.435. The van der Waals surface area contributed by atoms with Gasteiger partial charge in [-0.3, -0.25) is 4.79 Å². The van der Waals surface area contributed by atoms with Gasteiger partial charge in [-0.25, -0.2) is 0 Å². The predicted molar refractivity (Wildman–Crippen MR) is 110 cm³/mol. The van der Waals surface area contributed by atoms with E-state index in [1.807, 2.05) is 35.2 Å². The van der Waals surface area contributed by atoms with Gasteiger partial charge in [0.1, 0.15) is 19.0 Å². The van der Waals surface area contributed by atoms with Crippen molar-refractivity contribution in [1.29, 1.82) is 0 Å². The molecule has 152 valence electrons. The Balaban J connectivity index is 1.26. The maximum Gasteiger partial charge on any atom is 0.233 e. The number of amides is 1. The number of methoxy groups -OCH3 is 1. The van der Waals surface area contributed by atoms with Crippen LogP contribution in [0.15, 0.2) is 42.5 Å². The van der Waals surface area contributed by atoms with Crippen molar-refractivity contribution < 1.29 is 19.0 Å². The molecule has 2 aromatic carbocycles. The zero-order valence-corrected chi connectivity index (χ0v) is 16.7. The highest BCUT2D eigenvalue weighted by molar-refractivity contribution is 5.91. The Morgan fingerprint density at radius 1 is 0.931 bits per heavy atom. The molecule has 0 spiro atoms. The molecule has 0 N–H and O–H groups in total. The molecule has 6 heteroatoms. The first-order chi connectivity index (χ1) is 14.2. The van der Waals surface area contributed by atoms with Gasteiger partial charge in [0.2, 0.25) is 5.91 Å². The van der Waals surface area contributed by atoms with Crippen molar-refractivity contribution in [3.8, 4) is 17.2 Å². The zero-order valence-electron chi connectivity index (χ0n) is 16.7. The van der Waals surface area contributed by atoms with Crippen LogP contribution >= 0.6 is 0 Å². The maximum atomic E-state index is 13.4. The van der Waals surface area contributed by atoms with E-state index in [0.29, 0.717) is 13.2 Å². The minimum absolute atomic E-state index is 0.253. The summed E-state index contributed by atoms with van der Waals surface area (Å²) in [6.07, 6.45) is 1.81. The summed E-state index contributed by atoms with van der Waals surface area (Å²) in [5.74, 6) is 2.65. The highest BCUT2D eigenvalue weighted by Gasteiger charge is 2.53. The monoisotopic (exact) mass is 394 g/mol. The molecule has 29 heavy (non-hydrogen) atoms. The van der Waals surface area contributed by atoms with E-state index in [2.05, 4.69) is 17.0 Å². The van der Waals surface area contributed by atoms with Crippen LogP contribution < -0.4 is 19.1 Å². The molecule has 0 bridgehead atoms. The molecule has 3 aliphatic rings. The van der Waals surface area contributed by atoms with Gasteiger partial charge in [0.15, 0.2) is 11.5 Å². The Morgan fingerprint density at radius 3 is 2.28 bits per heavy atom. The topological polar surface area (TPSA) is 51.2 Å². The van der Waals surface area contributed by atoms with Crippen LogP contribution in [-0.2, 0) is 10.2 Å². The first-order valence-electron chi connectivity index (χ1n) is 10.3. The molecule has 2 heterocycles. The summed E-state index contributed by atoms with van der Waals surface area (Å²) in [5.41, 5.74) is 1.85. The van der Waals surface area contributed by atoms with Gasteiger partial charge in [-0.2, -0.15) is 0 Å². The average Bonchev–Trinajstić information content (AvgIpc) is 3.60. The Kier molecular flexibility index (Phi) is 4.49. The van der Waals surface area contributed by atoms with E-state index in [-0.39, 0.29) is 11.3 Å². The van der Waals surface area contributed by atoms with Crippen LogP contribution in [0.1, 0.15) is 18.4 Å². The van der Waals surface area contributed by atoms with E-state index >= 15 is 0 Å². The van der Waals surface area contributed by atoms with Crippen LogP contribution in [0.4, 0.5) is 5.69 Å². The van der Waals surface area contributed by atoms with Gasteiger partial charge < -0.3 is 24.0 Å². The number of ether oxygens (including phenoxy) is 3. The number of hydrogen-bond donors (Lipinski definition) is 0. The third-order valence-electron chi connectivity index (χ3n) is 6.26. The summed E-state index contributed by atoms with van der Waals surface area (Å²) in [5, 5.41) is 0. The largest absolute Gasteiger partial charge is 0.497 e. The fourth-order valence-electron chi connectivity index (χ4n) is 4.36. The predicted octanol–water partition coefficient (Wildman–Crippen LogP) is 2.85. The lowest BCUT2D eigenvalue weighted by atomic mass is 9.93. The van der Waals surface area contributed by atoms with Crippen molar-refractivity contribution in [1.82, 2.24) is 4.90 Å². The molecule has 1 saturated carbocycles. The van der Waals surface area contributed by atoms with E-state index in [1.54, 1.807) is 7.11 Å². The Bertz CT molecular complexity index is 900. The molecule has 0 aromatic heterocycles. The van der Waals surface area contributed by atoms with Gasteiger partial charge in [0.25, 0.3) is 0 Å². The van der Waals surface area contributed by atoms with Crippen molar-refractivity contribution >= 4 is 11.6 Å². The Hall–Kier alpha value is -2.89. The first kappa shape index (κ1) is 18.2. The van der Waals surface area contributed by atoms with Crippen LogP contribution in [0.2, 0.25) is 0 Å². The highest BCUT2D eigenvalue weighted by atomic mass is 16.6. The number of carbonyl (C=O) groups excluding carboxylic acids is 1. The number of nitrogens with zero attached hydrogens (tertiary/aromatic N) is 2. The van der Waals surface area contributed by atoms with Crippen LogP contribution in [0.5, 0.6) is 17.2 Å². The van der Waals surface area contributed by atoms with Crippen molar-refractivity contribution in [2.24, 2.45) is 0 Å². The third kappa shape index (κ3) is 3.26. The lowest BCUT2D eigenvalue weighted by Crippen LogP contribution is -2.51. The number of benzene rings is 2. The second-order valence-electron chi connectivity index (χ2n) is 7.92. The van der Waals surface area contributed by atoms with Gasteiger partial charge in [-0.05, 0) is 54.8 Å². The molecule has 0 atom stereocenters. The molecule has 1 aliphatic carbocycles. The molecule has 0 radical (unpaired) electrons. The molecular formula is C23H26N2O4. The smallest absolute Gasteiger partial charge is 0.233 e. The molecule has 2 aliphatic heterocycles. The van der Waals surface area contributed by atoms with Crippen LogP contribution in [-0.4, -0.2) is 57.3 Å². The van der Waals surface area contributed by atoms with Gasteiger partial charge in [-0.15, -0.1) is 0 Å². The van der Waals surface area contributed by atoms with Gasteiger partial charge in [-0.1, -0.05) is 6.07 Å². The zero-order chi connectivity index (χ0) is 19.8. The van der Waals surface area contributed by atoms with E-state index in [9.17, 15) is 4.79 Å². The van der Waals surface area contributed by atoms with E-state index in [4.69, 9.17) is 14.2 Å². The van der Waals surface area contributed by atoms with Crippen LogP contribution in [0, 0.1) is 0 Å². The molecule has 0 unspecified atom stereocenters. The Labute approximate surface area is 171 Å². The van der Waals surface area contributed by atoms with Crippen molar-refractivity contribution in [2.75, 3.05) is 51.4 Å². The standard InChI is InChI=1S/C23H26N2O4/c1-27-19-5-3-18(4-6-19)24-10-12-25(13-11-24)22(26)23(8-9-23)17-2-7-20-21(16-17)29-15-14-28-20/h2-7,16H,8-15H2,1H3. The van der Waals surface area contributed by atoms with Gasteiger partial charge >= 0.3 is 0 Å². The molecule has 2 aromatic rings. The van der Waals surface area contributed by atoms with Crippen LogP contribution in [0.3, 0.4) is 0 Å². The summed E-state index contributed by atoms with van der Waals surface area (Å²) in [6, 6.07) is 14.1. The summed E-state index contributed by atoms with van der Waals surface area (Å²) >= 11 is 0. The van der Waals surface area contributed by atoms with E-state index in [1.165, 1.54) is 5.69 Å². The molecule has 6 nitrogen and oxygen atoms in total. The summed E-state index contributed by atoms with van der Waals surface area (Å²) in [4.78, 5) is 17.8. The normalized spacial score (nSPS) is 19.6. The number of hydrogen-bond acceptors (Lipinski definition) is 5. The molecule has 2 fully saturated rings. The summed E-state index contributed by atoms with van der Waals surface area (Å²) < 4.78 is 16.6. The molecule has 5 rings (SSSR count). The second-order valence-corrected chi connectivity index (χ2v) is 7.92. The average molecular weight is 394 g/mol. The number of piperazine rings is 1. The van der Waals surface area contributed by atoms with Gasteiger partial charge in [0.05, 0.1) is 12.5 Å². The lowest BCUT2D eigenvalue weighted by Gasteiger charge is -2.38. The third-order valence-corrected chi connectivity index (χ3v) is 6.26. The van der Waals surface area contributed by atoms with Crippen LogP contribution in [0.25, 0.3) is 0 Å². The van der Waals surface area contributed by atoms with Crippen molar-refractivity contribution in [2.45, 2.75) is 18.3 Å². The number of fused-ring (bicyclic) bond motifs is 1. The molecule has 1 saturated heterocycles.